The normalized spacial score (nSPS) is 11.5. The molecule has 0 heterocycles. The Morgan fingerprint density at radius 1 is 0.667 bits per heavy atom. The van der Waals surface area contributed by atoms with Crippen molar-refractivity contribution in [3.8, 4) is 11.5 Å². The SMILES string of the molecule is Oc1cc2cc3cc4ccccc4cc3cc2c(F)c1O. The van der Waals surface area contributed by atoms with Crippen LogP contribution in [0, 0.1) is 5.82 Å². The molecule has 4 rings (SSSR count). The van der Waals surface area contributed by atoms with E-state index in [0.29, 0.717) is 10.8 Å². The van der Waals surface area contributed by atoms with Crippen LogP contribution in [0.15, 0.2) is 54.6 Å². The van der Waals surface area contributed by atoms with E-state index in [-0.39, 0.29) is 0 Å². The van der Waals surface area contributed by atoms with E-state index >= 15 is 0 Å². The monoisotopic (exact) mass is 278 g/mol. The molecule has 0 saturated heterocycles. The van der Waals surface area contributed by atoms with Gasteiger partial charge < -0.3 is 10.2 Å². The van der Waals surface area contributed by atoms with Crippen LogP contribution in [0.25, 0.3) is 32.3 Å². The molecule has 0 aliphatic rings. The van der Waals surface area contributed by atoms with Crippen molar-refractivity contribution in [3.05, 3.63) is 60.4 Å². The number of hydrogen-bond donors (Lipinski definition) is 2. The topological polar surface area (TPSA) is 40.5 Å². The molecule has 0 fully saturated rings. The molecule has 2 N–H and O–H groups in total. The van der Waals surface area contributed by atoms with E-state index in [1.165, 1.54) is 6.07 Å². The summed E-state index contributed by atoms with van der Waals surface area (Å²) in [6.07, 6.45) is 0. The first-order valence-electron chi connectivity index (χ1n) is 6.60. The molecule has 0 amide bonds. The third-order valence-corrected chi connectivity index (χ3v) is 3.85. The minimum Gasteiger partial charge on any atom is -0.504 e. The molecule has 4 aromatic carbocycles. The van der Waals surface area contributed by atoms with Crippen LogP contribution in [0.1, 0.15) is 0 Å². The Labute approximate surface area is 119 Å². The van der Waals surface area contributed by atoms with Crippen molar-refractivity contribution in [2.24, 2.45) is 0 Å². The van der Waals surface area contributed by atoms with Gasteiger partial charge in [-0.05, 0) is 57.3 Å². The molecule has 0 atom stereocenters. The molecule has 4 aromatic rings. The highest BCUT2D eigenvalue weighted by Crippen LogP contribution is 2.36. The fourth-order valence-corrected chi connectivity index (χ4v) is 2.77. The summed E-state index contributed by atoms with van der Waals surface area (Å²) in [7, 11) is 0. The maximum Gasteiger partial charge on any atom is 0.194 e. The minimum atomic E-state index is -0.792. The van der Waals surface area contributed by atoms with E-state index in [1.807, 2.05) is 42.5 Å². The van der Waals surface area contributed by atoms with E-state index in [9.17, 15) is 14.6 Å². The molecule has 21 heavy (non-hydrogen) atoms. The summed E-state index contributed by atoms with van der Waals surface area (Å²) in [5.74, 6) is -1.94. The van der Waals surface area contributed by atoms with Gasteiger partial charge in [0.1, 0.15) is 0 Å². The third-order valence-electron chi connectivity index (χ3n) is 3.85. The van der Waals surface area contributed by atoms with Gasteiger partial charge >= 0.3 is 0 Å². The molecule has 0 aromatic heterocycles. The maximum absolute atomic E-state index is 14.1. The molecule has 0 aliphatic carbocycles. The second-order valence-electron chi connectivity index (χ2n) is 5.18. The second kappa shape index (κ2) is 4.09. The summed E-state index contributed by atoms with van der Waals surface area (Å²) in [5, 5.41) is 24.0. The van der Waals surface area contributed by atoms with E-state index in [0.717, 1.165) is 21.5 Å². The van der Waals surface area contributed by atoms with Crippen LogP contribution >= 0.6 is 0 Å². The zero-order chi connectivity index (χ0) is 14.6. The van der Waals surface area contributed by atoms with Gasteiger partial charge in [-0.3, -0.25) is 0 Å². The van der Waals surface area contributed by atoms with Crippen molar-refractivity contribution in [2.45, 2.75) is 0 Å². The summed E-state index contributed by atoms with van der Waals surface area (Å²) in [6, 6.07) is 16.9. The van der Waals surface area contributed by atoms with Gasteiger partial charge in [0.25, 0.3) is 0 Å². The first-order valence-corrected chi connectivity index (χ1v) is 6.60. The number of phenolic OH excluding ortho intramolecular Hbond substituents is 2. The third kappa shape index (κ3) is 1.71. The highest BCUT2D eigenvalue weighted by atomic mass is 19.1. The van der Waals surface area contributed by atoms with Gasteiger partial charge in [0.15, 0.2) is 17.3 Å². The highest BCUT2D eigenvalue weighted by molar-refractivity contribution is 6.05. The number of phenols is 2. The molecule has 0 saturated carbocycles. The fraction of sp³-hybridized carbons (Fsp3) is 0. The van der Waals surface area contributed by atoms with Crippen molar-refractivity contribution >= 4 is 32.3 Å². The molecule has 0 aliphatic heterocycles. The Bertz CT molecular complexity index is 1020. The zero-order valence-corrected chi connectivity index (χ0v) is 11.0. The fourth-order valence-electron chi connectivity index (χ4n) is 2.77. The van der Waals surface area contributed by atoms with Crippen LogP contribution in [0.2, 0.25) is 0 Å². The predicted molar refractivity (Wildman–Crippen MR) is 82.2 cm³/mol. The van der Waals surface area contributed by atoms with Crippen molar-refractivity contribution in [2.75, 3.05) is 0 Å². The van der Waals surface area contributed by atoms with E-state index < -0.39 is 17.3 Å². The molecule has 0 spiro atoms. The van der Waals surface area contributed by atoms with Gasteiger partial charge in [0.05, 0.1) is 0 Å². The molecule has 0 bridgehead atoms. The van der Waals surface area contributed by atoms with Crippen molar-refractivity contribution in [3.63, 3.8) is 0 Å². The number of benzene rings is 4. The van der Waals surface area contributed by atoms with E-state index in [2.05, 4.69) is 0 Å². The quantitative estimate of drug-likeness (QED) is 0.361. The van der Waals surface area contributed by atoms with Gasteiger partial charge in [-0.25, -0.2) is 4.39 Å². The molecular formula is C18H11FO2. The Hall–Kier alpha value is -2.81. The number of fused-ring (bicyclic) bond motifs is 3. The largest absolute Gasteiger partial charge is 0.504 e. The lowest BCUT2D eigenvalue weighted by Gasteiger charge is -2.08. The average Bonchev–Trinajstić information content (AvgIpc) is 2.49. The lowest BCUT2D eigenvalue weighted by atomic mass is 9.99. The van der Waals surface area contributed by atoms with Crippen LogP contribution in [-0.4, -0.2) is 10.2 Å². The smallest absolute Gasteiger partial charge is 0.194 e. The Morgan fingerprint density at radius 2 is 1.24 bits per heavy atom. The van der Waals surface area contributed by atoms with Crippen molar-refractivity contribution < 1.29 is 14.6 Å². The van der Waals surface area contributed by atoms with Gasteiger partial charge in [-0.2, -0.15) is 0 Å². The Morgan fingerprint density at radius 3 is 1.90 bits per heavy atom. The van der Waals surface area contributed by atoms with Gasteiger partial charge in [-0.1, -0.05) is 24.3 Å². The number of hydrogen-bond acceptors (Lipinski definition) is 2. The lowest BCUT2D eigenvalue weighted by molar-refractivity contribution is 0.382. The molecule has 0 radical (unpaired) electrons. The van der Waals surface area contributed by atoms with E-state index in [4.69, 9.17) is 0 Å². The molecule has 3 heteroatoms. The first kappa shape index (κ1) is 12.0. The van der Waals surface area contributed by atoms with Gasteiger partial charge in [0.2, 0.25) is 0 Å². The summed E-state index contributed by atoms with van der Waals surface area (Å²) in [4.78, 5) is 0. The second-order valence-corrected chi connectivity index (χ2v) is 5.18. The van der Waals surface area contributed by atoms with Crippen LogP contribution < -0.4 is 0 Å². The summed E-state index contributed by atoms with van der Waals surface area (Å²) < 4.78 is 14.1. The summed E-state index contributed by atoms with van der Waals surface area (Å²) in [6.45, 7) is 0. The Balaban J connectivity index is 2.18. The lowest BCUT2D eigenvalue weighted by Crippen LogP contribution is -1.84. The number of aromatic hydroxyl groups is 2. The minimum absolute atomic E-state index is 0.299. The molecule has 2 nitrogen and oxygen atoms in total. The van der Waals surface area contributed by atoms with E-state index in [1.54, 1.807) is 6.07 Å². The van der Waals surface area contributed by atoms with Crippen LogP contribution in [0.4, 0.5) is 4.39 Å². The first-order chi connectivity index (χ1) is 10.1. The van der Waals surface area contributed by atoms with Crippen molar-refractivity contribution in [1.82, 2.24) is 0 Å². The summed E-state index contributed by atoms with van der Waals surface area (Å²) >= 11 is 0. The predicted octanol–water partition coefficient (Wildman–Crippen LogP) is 4.70. The van der Waals surface area contributed by atoms with Crippen molar-refractivity contribution in [1.29, 1.82) is 0 Å². The Kier molecular flexibility index (Phi) is 2.33. The van der Waals surface area contributed by atoms with Crippen LogP contribution in [0.5, 0.6) is 11.5 Å². The van der Waals surface area contributed by atoms with Crippen LogP contribution in [-0.2, 0) is 0 Å². The maximum atomic E-state index is 14.1. The van der Waals surface area contributed by atoms with Gasteiger partial charge in [-0.15, -0.1) is 0 Å². The standard InChI is InChI=1S/C18H11FO2/c19-17-15-8-13-6-11-4-2-1-3-10(11)5-12(13)7-14(15)9-16(20)18(17)21/h1-9,20-21H. The molecular weight excluding hydrogens is 267 g/mol. The molecule has 0 unspecified atom stereocenters. The number of rotatable bonds is 0. The zero-order valence-electron chi connectivity index (χ0n) is 11.0. The number of halogens is 1. The molecule has 102 valence electrons. The van der Waals surface area contributed by atoms with Crippen LogP contribution in [0.3, 0.4) is 0 Å². The highest BCUT2D eigenvalue weighted by Gasteiger charge is 2.12. The van der Waals surface area contributed by atoms with Gasteiger partial charge in [0, 0.05) is 5.39 Å². The average molecular weight is 278 g/mol. The summed E-state index contributed by atoms with van der Waals surface area (Å²) in [5.41, 5.74) is 0.